The van der Waals surface area contributed by atoms with Crippen LogP contribution in [0.25, 0.3) is 0 Å². The summed E-state index contributed by atoms with van der Waals surface area (Å²) in [6.07, 6.45) is 1.36. The number of amides is 1. The Labute approximate surface area is 113 Å². The maximum Gasteiger partial charge on any atom is 0.411 e. The molecule has 1 N–H and O–H groups in total. The van der Waals surface area contributed by atoms with E-state index in [0.717, 1.165) is 0 Å². The van der Waals surface area contributed by atoms with Gasteiger partial charge in [-0.25, -0.2) is 9.59 Å². The Morgan fingerprint density at radius 1 is 1.42 bits per heavy atom. The number of hydrogen-bond acceptors (Lipinski definition) is 5. The predicted octanol–water partition coefficient (Wildman–Crippen LogP) is 1.09. The predicted molar refractivity (Wildman–Crippen MR) is 68.5 cm³/mol. The molecule has 0 aliphatic carbocycles. The maximum atomic E-state index is 12.0. The maximum absolute atomic E-state index is 12.0. The molecule has 0 aromatic carbocycles. The van der Waals surface area contributed by atoms with Crippen molar-refractivity contribution in [3.05, 3.63) is 12.2 Å². The monoisotopic (exact) mass is 271 g/mol. The van der Waals surface area contributed by atoms with E-state index in [-0.39, 0.29) is 13.2 Å². The van der Waals surface area contributed by atoms with Crippen LogP contribution in [0.4, 0.5) is 4.79 Å². The Bertz CT molecular complexity index is 372. The number of carbonyl (C=O) groups is 2. The lowest BCUT2D eigenvalue weighted by molar-refractivity contribution is -0.152. The van der Waals surface area contributed by atoms with E-state index >= 15 is 0 Å². The van der Waals surface area contributed by atoms with E-state index in [9.17, 15) is 14.7 Å². The lowest BCUT2D eigenvalue weighted by Gasteiger charge is -2.35. The first-order chi connectivity index (χ1) is 8.76. The van der Waals surface area contributed by atoms with Gasteiger partial charge in [0.15, 0.2) is 6.04 Å². The number of aliphatic hydroxyl groups is 1. The summed E-state index contributed by atoms with van der Waals surface area (Å²) in [4.78, 5) is 25.0. The van der Waals surface area contributed by atoms with Gasteiger partial charge in [-0.2, -0.15) is 0 Å². The molecule has 0 spiro atoms. The second-order valence-corrected chi connectivity index (χ2v) is 5.25. The summed E-state index contributed by atoms with van der Waals surface area (Å²) in [5, 5.41) is 9.85. The van der Waals surface area contributed by atoms with Gasteiger partial charge in [-0.3, -0.25) is 4.90 Å². The third-order valence-corrected chi connectivity index (χ3v) is 2.45. The van der Waals surface area contributed by atoms with Gasteiger partial charge in [0.25, 0.3) is 0 Å². The van der Waals surface area contributed by atoms with Gasteiger partial charge in [0.1, 0.15) is 11.7 Å². The van der Waals surface area contributed by atoms with Gasteiger partial charge in [-0.1, -0.05) is 12.2 Å². The van der Waals surface area contributed by atoms with Crippen molar-refractivity contribution in [1.29, 1.82) is 0 Å². The highest BCUT2D eigenvalue weighted by atomic mass is 16.6. The highest BCUT2D eigenvalue weighted by molar-refractivity contribution is 5.83. The molecule has 0 saturated carbocycles. The smallest absolute Gasteiger partial charge is 0.411 e. The van der Waals surface area contributed by atoms with Gasteiger partial charge >= 0.3 is 12.1 Å². The van der Waals surface area contributed by atoms with Gasteiger partial charge in [0.2, 0.25) is 0 Å². The fourth-order valence-corrected chi connectivity index (χ4v) is 1.72. The SMILES string of the molecule is CCOC(=O)C1[C@H](O)C=CCN1C(=O)OC(C)(C)C. The topological polar surface area (TPSA) is 76.1 Å². The third-order valence-electron chi connectivity index (χ3n) is 2.45. The number of esters is 1. The first-order valence-corrected chi connectivity index (χ1v) is 6.27. The van der Waals surface area contributed by atoms with Crippen LogP contribution in [0.15, 0.2) is 12.2 Å². The number of aliphatic hydroxyl groups excluding tert-OH is 1. The van der Waals surface area contributed by atoms with Crippen LogP contribution in [0.3, 0.4) is 0 Å². The molecule has 6 nitrogen and oxygen atoms in total. The molecule has 0 aromatic heterocycles. The van der Waals surface area contributed by atoms with Crippen LogP contribution in [-0.4, -0.2) is 53.0 Å². The molecule has 0 fully saturated rings. The number of carbonyl (C=O) groups excluding carboxylic acids is 2. The largest absolute Gasteiger partial charge is 0.464 e. The summed E-state index contributed by atoms with van der Waals surface area (Å²) < 4.78 is 10.1. The van der Waals surface area contributed by atoms with Crippen molar-refractivity contribution in [3.63, 3.8) is 0 Å². The zero-order valence-electron chi connectivity index (χ0n) is 11.8. The van der Waals surface area contributed by atoms with Crippen LogP contribution in [0.5, 0.6) is 0 Å². The second-order valence-electron chi connectivity index (χ2n) is 5.25. The zero-order valence-corrected chi connectivity index (χ0v) is 11.8. The van der Waals surface area contributed by atoms with Gasteiger partial charge in [0, 0.05) is 6.54 Å². The Balaban J connectivity index is 2.86. The zero-order chi connectivity index (χ0) is 14.6. The molecule has 6 heteroatoms. The van der Waals surface area contributed by atoms with Crippen LogP contribution >= 0.6 is 0 Å². The minimum Gasteiger partial charge on any atom is -0.464 e. The molecule has 1 heterocycles. The van der Waals surface area contributed by atoms with E-state index in [1.807, 2.05) is 0 Å². The van der Waals surface area contributed by atoms with E-state index in [1.165, 1.54) is 11.0 Å². The van der Waals surface area contributed by atoms with E-state index in [1.54, 1.807) is 33.8 Å². The molecule has 0 bridgehead atoms. The Morgan fingerprint density at radius 2 is 2.05 bits per heavy atom. The van der Waals surface area contributed by atoms with Gasteiger partial charge in [-0.05, 0) is 27.7 Å². The summed E-state index contributed by atoms with van der Waals surface area (Å²) >= 11 is 0. The van der Waals surface area contributed by atoms with Crippen LogP contribution in [0, 0.1) is 0 Å². The number of rotatable bonds is 2. The first kappa shape index (κ1) is 15.5. The summed E-state index contributed by atoms with van der Waals surface area (Å²) in [5.74, 6) is -0.634. The van der Waals surface area contributed by atoms with Gasteiger partial charge < -0.3 is 14.6 Å². The van der Waals surface area contributed by atoms with Gasteiger partial charge in [-0.15, -0.1) is 0 Å². The second kappa shape index (κ2) is 6.06. The van der Waals surface area contributed by atoms with Crippen LogP contribution in [0.2, 0.25) is 0 Å². The molecule has 108 valence electrons. The Morgan fingerprint density at radius 3 is 2.58 bits per heavy atom. The molecular formula is C13H21NO5. The fourth-order valence-electron chi connectivity index (χ4n) is 1.72. The minimum atomic E-state index is -1.08. The summed E-state index contributed by atoms with van der Waals surface area (Å²) in [6.45, 7) is 7.27. The number of nitrogens with zero attached hydrogens (tertiary/aromatic N) is 1. The van der Waals surface area contributed by atoms with Crippen molar-refractivity contribution in [1.82, 2.24) is 4.90 Å². The van der Waals surface area contributed by atoms with Crippen molar-refractivity contribution >= 4 is 12.1 Å². The van der Waals surface area contributed by atoms with Crippen molar-refractivity contribution in [3.8, 4) is 0 Å². The minimum absolute atomic E-state index is 0.188. The lowest BCUT2D eigenvalue weighted by Crippen LogP contribution is -2.54. The van der Waals surface area contributed by atoms with Gasteiger partial charge in [0.05, 0.1) is 6.61 Å². The molecule has 1 amide bonds. The standard InChI is InChI=1S/C13H21NO5/c1-5-18-11(16)10-9(15)7-6-8-14(10)12(17)19-13(2,3)4/h6-7,9-10,15H,5,8H2,1-4H3/t9-,10?/m1/s1. The Hall–Kier alpha value is -1.56. The summed E-state index contributed by atoms with van der Waals surface area (Å²) in [6, 6.07) is -1.06. The normalized spacial score (nSPS) is 23.1. The number of ether oxygens (including phenoxy) is 2. The van der Waals surface area contributed by atoms with E-state index in [2.05, 4.69) is 0 Å². The average Bonchev–Trinajstić information content (AvgIpc) is 2.26. The molecule has 0 aromatic rings. The van der Waals surface area contributed by atoms with Crippen LogP contribution in [0.1, 0.15) is 27.7 Å². The first-order valence-electron chi connectivity index (χ1n) is 6.27. The highest BCUT2D eigenvalue weighted by Crippen LogP contribution is 2.18. The summed E-state index contributed by atoms with van der Waals surface area (Å²) in [5.41, 5.74) is -0.664. The molecule has 1 aliphatic rings. The molecule has 1 aliphatic heterocycles. The quantitative estimate of drug-likeness (QED) is 0.601. The lowest BCUT2D eigenvalue weighted by atomic mass is 10.1. The molecule has 1 rings (SSSR count). The summed E-state index contributed by atoms with van der Waals surface area (Å²) in [7, 11) is 0. The Kier molecular flexibility index (Phi) is 4.94. The molecule has 2 atom stereocenters. The molecule has 19 heavy (non-hydrogen) atoms. The van der Waals surface area contributed by atoms with Crippen molar-refractivity contribution < 1.29 is 24.2 Å². The van der Waals surface area contributed by atoms with Crippen molar-refractivity contribution in [2.45, 2.75) is 45.4 Å². The van der Waals surface area contributed by atoms with E-state index in [4.69, 9.17) is 9.47 Å². The van der Waals surface area contributed by atoms with E-state index in [0.29, 0.717) is 0 Å². The fraction of sp³-hybridized carbons (Fsp3) is 0.692. The van der Waals surface area contributed by atoms with E-state index < -0.39 is 29.8 Å². The van der Waals surface area contributed by atoms with Crippen LogP contribution in [-0.2, 0) is 14.3 Å². The molecule has 1 unspecified atom stereocenters. The average molecular weight is 271 g/mol. The van der Waals surface area contributed by atoms with Crippen molar-refractivity contribution in [2.24, 2.45) is 0 Å². The highest BCUT2D eigenvalue weighted by Gasteiger charge is 2.39. The van der Waals surface area contributed by atoms with Crippen molar-refractivity contribution in [2.75, 3.05) is 13.2 Å². The van der Waals surface area contributed by atoms with Crippen LogP contribution < -0.4 is 0 Å². The number of hydrogen-bond donors (Lipinski definition) is 1. The molecule has 0 saturated heterocycles. The third kappa shape index (κ3) is 4.24. The molecular weight excluding hydrogens is 250 g/mol. The molecule has 0 radical (unpaired) electrons.